The Hall–Kier alpha value is -2.76. The fraction of sp³-hybridized carbons (Fsp3) is 0.400. The maximum absolute atomic E-state index is 12.6. The van der Waals surface area contributed by atoms with Gasteiger partial charge in [0.25, 0.3) is 5.91 Å². The monoisotopic (exact) mass is 350 g/mol. The van der Waals surface area contributed by atoms with Crippen molar-refractivity contribution in [3.8, 4) is 0 Å². The molecule has 2 aliphatic heterocycles. The molecule has 6 nitrogen and oxygen atoms in total. The summed E-state index contributed by atoms with van der Waals surface area (Å²) in [6.45, 7) is 1.94. The van der Waals surface area contributed by atoms with E-state index < -0.39 is 0 Å². The minimum absolute atomic E-state index is 0.0242. The van der Waals surface area contributed by atoms with Crippen LogP contribution in [0.15, 0.2) is 49.1 Å². The molecule has 0 N–H and O–H groups in total. The number of rotatable bonds is 3. The Balaban J connectivity index is 1.46. The van der Waals surface area contributed by atoms with Gasteiger partial charge >= 0.3 is 0 Å². The number of hydrogen-bond acceptors (Lipinski definition) is 4. The van der Waals surface area contributed by atoms with Gasteiger partial charge in [-0.1, -0.05) is 6.07 Å². The smallest absolute Gasteiger partial charge is 0.255 e. The molecule has 2 saturated heterocycles. The molecule has 4 heterocycles. The van der Waals surface area contributed by atoms with E-state index in [1.54, 1.807) is 30.7 Å². The van der Waals surface area contributed by atoms with Crippen LogP contribution in [0, 0.1) is 0 Å². The molecule has 0 bridgehead atoms. The summed E-state index contributed by atoms with van der Waals surface area (Å²) < 4.78 is 0. The lowest BCUT2D eigenvalue weighted by Gasteiger charge is -2.45. The third-order valence-corrected chi connectivity index (χ3v) is 5.63. The van der Waals surface area contributed by atoms with Crippen molar-refractivity contribution in [2.75, 3.05) is 13.1 Å². The number of carbonyl (C=O) groups excluding carboxylic acids is 2. The summed E-state index contributed by atoms with van der Waals surface area (Å²) >= 11 is 0. The van der Waals surface area contributed by atoms with E-state index in [0.29, 0.717) is 31.6 Å². The lowest BCUT2D eigenvalue weighted by atomic mass is 9.84. The topological polar surface area (TPSA) is 66.4 Å². The van der Waals surface area contributed by atoms with Crippen LogP contribution in [0.25, 0.3) is 0 Å². The number of nitrogens with zero attached hydrogens (tertiary/aromatic N) is 4. The Morgan fingerprint density at radius 1 is 1.04 bits per heavy atom. The molecule has 2 aliphatic rings. The van der Waals surface area contributed by atoms with Gasteiger partial charge < -0.3 is 9.80 Å². The van der Waals surface area contributed by atoms with Gasteiger partial charge in [0.1, 0.15) is 0 Å². The zero-order valence-electron chi connectivity index (χ0n) is 14.7. The second-order valence-corrected chi connectivity index (χ2v) is 7.10. The minimum Gasteiger partial charge on any atom is -0.338 e. The molecule has 2 aromatic rings. The number of pyridine rings is 2. The molecule has 6 heteroatoms. The van der Waals surface area contributed by atoms with E-state index in [1.807, 2.05) is 28.1 Å². The molecule has 2 aromatic heterocycles. The van der Waals surface area contributed by atoms with E-state index in [2.05, 4.69) is 9.97 Å². The summed E-state index contributed by atoms with van der Waals surface area (Å²) in [7, 11) is 0. The highest BCUT2D eigenvalue weighted by molar-refractivity contribution is 5.94. The summed E-state index contributed by atoms with van der Waals surface area (Å²) in [6, 6.07) is 7.49. The number of piperidine rings is 1. The fourth-order valence-corrected chi connectivity index (χ4v) is 4.12. The van der Waals surface area contributed by atoms with E-state index in [9.17, 15) is 9.59 Å². The molecular weight excluding hydrogens is 328 g/mol. The van der Waals surface area contributed by atoms with Crippen LogP contribution in [0.3, 0.4) is 0 Å². The van der Waals surface area contributed by atoms with Crippen molar-refractivity contribution in [2.45, 2.75) is 37.8 Å². The maximum Gasteiger partial charge on any atom is 0.255 e. The van der Waals surface area contributed by atoms with Crippen LogP contribution < -0.4 is 0 Å². The summed E-state index contributed by atoms with van der Waals surface area (Å²) in [5.41, 5.74) is 1.55. The molecule has 0 atom stereocenters. The molecule has 134 valence electrons. The molecule has 2 fully saturated rings. The van der Waals surface area contributed by atoms with E-state index in [-0.39, 0.29) is 17.4 Å². The first kappa shape index (κ1) is 16.7. The highest BCUT2D eigenvalue weighted by Crippen LogP contribution is 2.40. The van der Waals surface area contributed by atoms with Gasteiger partial charge in [-0.25, -0.2) is 0 Å². The van der Waals surface area contributed by atoms with Crippen LogP contribution in [0.2, 0.25) is 0 Å². The van der Waals surface area contributed by atoms with E-state index in [4.69, 9.17) is 0 Å². The highest BCUT2D eigenvalue weighted by atomic mass is 16.2. The molecule has 0 unspecified atom stereocenters. The van der Waals surface area contributed by atoms with Crippen molar-refractivity contribution in [1.29, 1.82) is 0 Å². The van der Waals surface area contributed by atoms with Crippen molar-refractivity contribution < 1.29 is 9.59 Å². The van der Waals surface area contributed by atoms with Crippen molar-refractivity contribution in [1.82, 2.24) is 19.8 Å². The lowest BCUT2D eigenvalue weighted by Crippen LogP contribution is -2.53. The fourth-order valence-electron chi connectivity index (χ4n) is 4.12. The Bertz CT molecular complexity index is 786. The first-order valence-electron chi connectivity index (χ1n) is 9.07. The molecule has 1 spiro atoms. The SMILES string of the molecule is O=C(c1cccnc1)N1CCC2(CCC(=O)N2Cc2cccnc2)CC1. The van der Waals surface area contributed by atoms with Crippen LogP contribution in [0.5, 0.6) is 0 Å². The minimum atomic E-state index is -0.126. The average Bonchev–Trinajstić information content (AvgIpc) is 2.99. The largest absolute Gasteiger partial charge is 0.338 e. The summed E-state index contributed by atoms with van der Waals surface area (Å²) in [5, 5.41) is 0. The first-order chi connectivity index (χ1) is 12.7. The number of carbonyl (C=O) groups is 2. The van der Waals surface area contributed by atoms with Crippen molar-refractivity contribution in [2.24, 2.45) is 0 Å². The Labute approximate surface area is 152 Å². The third-order valence-electron chi connectivity index (χ3n) is 5.63. The molecule has 2 amide bonds. The van der Waals surface area contributed by atoms with Gasteiger partial charge in [-0.2, -0.15) is 0 Å². The normalized spacial score (nSPS) is 19.2. The Kier molecular flexibility index (Phi) is 4.41. The summed E-state index contributed by atoms with van der Waals surface area (Å²) in [5.74, 6) is 0.233. The standard InChI is InChI=1S/C20H22N4O2/c25-18-5-6-20(24(18)15-16-3-1-9-21-13-16)7-11-23(12-8-20)19(26)17-4-2-10-22-14-17/h1-4,9-10,13-14H,5-8,11-12,15H2. The Morgan fingerprint density at radius 2 is 1.77 bits per heavy atom. The number of amides is 2. The van der Waals surface area contributed by atoms with Gasteiger partial charge in [0.15, 0.2) is 0 Å². The quantitative estimate of drug-likeness (QED) is 0.852. The predicted octanol–water partition coefficient (Wildman–Crippen LogP) is 2.27. The second kappa shape index (κ2) is 6.86. The number of aromatic nitrogens is 2. The second-order valence-electron chi connectivity index (χ2n) is 7.10. The average molecular weight is 350 g/mol. The van der Waals surface area contributed by atoms with Crippen molar-refractivity contribution in [3.63, 3.8) is 0 Å². The predicted molar refractivity (Wildman–Crippen MR) is 96.1 cm³/mol. The first-order valence-corrected chi connectivity index (χ1v) is 9.07. The van der Waals surface area contributed by atoms with Crippen LogP contribution >= 0.6 is 0 Å². The van der Waals surface area contributed by atoms with E-state index in [0.717, 1.165) is 24.8 Å². The van der Waals surface area contributed by atoms with Gasteiger partial charge in [0, 0.05) is 56.4 Å². The van der Waals surface area contributed by atoms with Gasteiger partial charge in [0.05, 0.1) is 5.56 Å². The zero-order chi connectivity index (χ0) is 18.0. The Morgan fingerprint density at radius 3 is 2.42 bits per heavy atom. The number of hydrogen-bond donors (Lipinski definition) is 0. The summed E-state index contributed by atoms with van der Waals surface area (Å²) in [6.07, 6.45) is 9.96. The molecule has 0 radical (unpaired) electrons. The summed E-state index contributed by atoms with van der Waals surface area (Å²) in [4.78, 5) is 37.2. The van der Waals surface area contributed by atoms with Crippen molar-refractivity contribution in [3.05, 3.63) is 60.2 Å². The zero-order valence-corrected chi connectivity index (χ0v) is 14.7. The molecule has 4 rings (SSSR count). The molecule has 26 heavy (non-hydrogen) atoms. The van der Waals surface area contributed by atoms with Gasteiger partial charge in [-0.05, 0) is 43.0 Å². The van der Waals surface area contributed by atoms with E-state index >= 15 is 0 Å². The van der Waals surface area contributed by atoms with Gasteiger partial charge in [0.2, 0.25) is 5.91 Å². The van der Waals surface area contributed by atoms with Crippen LogP contribution in [0.4, 0.5) is 0 Å². The van der Waals surface area contributed by atoms with Crippen LogP contribution in [-0.2, 0) is 11.3 Å². The molecule has 0 aliphatic carbocycles. The molecular formula is C20H22N4O2. The van der Waals surface area contributed by atoms with Crippen LogP contribution in [-0.4, -0.2) is 50.2 Å². The van der Waals surface area contributed by atoms with Gasteiger partial charge in [-0.3, -0.25) is 19.6 Å². The molecule has 0 aromatic carbocycles. The highest BCUT2D eigenvalue weighted by Gasteiger charge is 2.47. The lowest BCUT2D eigenvalue weighted by molar-refractivity contribution is -0.133. The maximum atomic E-state index is 12.6. The molecule has 0 saturated carbocycles. The van der Waals surface area contributed by atoms with Crippen molar-refractivity contribution >= 4 is 11.8 Å². The number of likely N-dealkylation sites (tertiary alicyclic amines) is 2. The van der Waals surface area contributed by atoms with Gasteiger partial charge in [-0.15, -0.1) is 0 Å². The van der Waals surface area contributed by atoms with Crippen LogP contribution in [0.1, 0.15) is 41.6 Å². The van der Waals surface area contributed by atoms with E-state index in [1.165, 1.54) is 0 Å². The third kappa shape index (κ3) is 3.07.